The molecule has 0 spiro atoms. The van der Waals surface area contributed by atoms with Crippen molar-refractivity contribution in [1.82, 2.24) is 4.98 Å². The molecular weight excluding hydrogens is 244 g/mol. The van der Waals surface area contributed by atoms with Gasteiger partial charge in [-0.3, -0.25) is 4.21 Å². The van der Waals surface area contributed by atoms with Crippen molar-refractivity contribution < 1.29 is 4.21 Å². The molecule has 2 rings (SSSR count). The number of pyridine rings is 1. The molecule has 1 heterocycles. The number of aromatic nitrogens is 1. The first-order valence-electron chi connectivity index (χ1n) is 6.07. The number of nitrogens with zero attached hydrogens (tertiary/aromatic N) is 1. The molecule has 0 aliphatic carbocycles. The van der Waals surface area contributed by atoms with Gasteiger partial charge in [-0.15, -0.1) is 0 Å². The van der Waals surface area contributed by atoms with Crippen molar-refractivity contribution in [1.29, 1.82) is 0 Å². The van der Waals surface area contributed by atoms with E-state index in [2.05, 4.69) is 29.4 Å². The second-order valence-electron chi connectivity index (χ2n) is 4.49. The summed E-state index contributed by atoms with van der Waals surface area (Å²) in [6.45, 7) is 2.09. The number of hydrogen-bond acceptors (Lipinski definition) is 3. The zero-order valence-electron chi connectivity index (χ0n) is 10.7. The van der Waals surface area contributed by atoms with Gasteiger partial charge in [0.05, 0.1) is 0 Å². The van der Waals surface area contributed by atoms with Gasteiger partial charge >= 0.3 is 0 Å². The first kappa shape index (κ1) is 13.0. The molecule has 2 atom stereocenters. The number of benzene rings is 1. The predicted molar refractivity (Wildman–Crippen MR) is 78.4 cm³/mol. The highest BCUT2D eigenvalue weighted by molar-refractivity contribution is 7.84. The van der Waals surface area contributed by atoms with Crippen molar-refractivity contribution >= 4 is 27.4 Å². The van der Waals surface area contributed by atoms with Crippen LogP contribution in [0.1, 0.15) is 13.3 Å². The number of nitrogens with one attached hydrogen (secondary N) is 1. The minimum Gasteiger partial charge on any atom is -0.367 e. The summed E-state index contributed by atoms with van der Waals surface area (Å²) in [4.78, 5) is 4.39. The Hall–Kier alpha value is -1.42. The average molecular weight is 262 g/mol. The Balaban J connectivity index is 2.14. The summed E-state index contributed by atoms with van der Waals surface area (Å²) in [6.07, 6.45) is 4.44. The molecule has 0 fully saturated rings. The van der Waals surface area contributed by atoms with Crippen LogP contribution in [0.2, 0.25) is 0 Å². The molecule has 0 amide bonds. The largest absolute Gasteiger partial charge is 0.367 e. The van der Waals surface area contributed by atoms with Crippen molar-refractivity contribution in [3.8, 4) is 0 Å². The van der Waals surface area contributed by atoms with Crippen LogP contribution in [0.5, 0.6) is 0 Å². The van der Waals surface area contributed by atoms with Gasteiger partial charge in [0.25, 0.3) is 0 Å². The summed E-state index contributed by atoms with van der Waals surface area (Å²) in [5.41, 5.74) is 0. The smallest absolute Gasteiger partial charge is 0.134 e. The maximum absolute atomic E-state index is 11.1. The van der Waals surface area contributed by atoms with Gasteiger partial charge in [-0.05, 0) is 24.8 Å². The van der Waals surface area contributed by atoms with Crippen molar-refractivity contribution in [2.45, 2.75) is 19.4 Å². The molecule has 0 saturated heterocycles. The third kappa shape index (κ3) is 3.29. The third-order valence-corrected chi connectivity index (χ3v) is 3.71. The standard InChI is InChI=1S/C14H18N2OS/c1-11(8-10-18(2)17)16-14-13-6-4-3-5-12(13)7-9-15-14/h3-7,9,11H,8,10H2,1-2H3,(H,15,16). The molecule has 0 aliphatic heterocycles. The van der Waals surface area contributed by atoms with Gasteiger partial charge < -0.3 is 5.32 Å². The lowest BCUT2D eigenvalue weighted by Gasteiger charge is -2.15. The van der Waals surface area contributed by atoms with Crippen LogP contribution in [0, 0.1) is 0 Å². The Kier molecular flexibility index (Phi) is 4.31. The normalized spacial score (nSPS) is 14.3. The summed E-state index contributed by atoms with van der Waals surface area (Å²) in [6, 6.07) is 10.5. The lowest BCUT2D eigenvalue weighted by Crippen LogP contribution is -2.18. The van der Waals surface area contributed by atoms with Gasteiger partial charge in [0.15, 0.2) is 0 Å². The van der Waals surface area contributed by atoms with Gasteiger partial charge in [-0.25, -0.2) is 4.98 Å². The third-order valence-electron chi connectivity index (χ3n) is 2.90. The van der Waals surface area contributed by atoms with Crippen LogP contribution < -0.4 is 5.32 Å². The van der Waals surface area contributed by atoms with Crippen LogP contribution in [0.15, 0.2) is 36.5 Å². The topological polar surface area (TPSA) is 42.0 Å². The maximum atomic E-state index is 11.1. The number of rotatable bonds is 5. The first-order valence-corrected chi connectivity index (χ1v) is 7.80. The molecule has 96 valence electrons. The minimum absolute atomic E-state index is 0.271. The van der Waals surface area contributed by atoms with Gasteiger partial charge in [-0.1, -0.05) is 24.3 Å². The highest BCUT2D eigenvalue weighted by atomic mass is 32.2. The van der Waals surface area contributed by atoms with Crippen molar-refractivity contribution in [2.75, 3.05) is 17.3 Å². The Morgan fingerprint density at radius 1 is 1.33 bits per heavy atom. The predicted octanol–water partition coefficient (Wildman–Crippen LogP) is 2.80. The molecule has 18 heavy (non-hydrogen) atoms. The van der Waals surface area contributed by atoms with Crippen LogP contribution in [0.3, 0.4) is 0 Å². The highest BCUT2D eigenvalue weighted by Crippen LogP contribution is 2.21. The summed E-state index contributed by atoms with van der Waals surface area (Å²) in [5, 5.41) is 5.71. The molecule has 0 bridgehead atoms. The fraction of sp³-hybridized carbons (Fsp3) is 0.357. The zero-order valence-corrected chi connectivity index (χ0v) is 11.5. The van der Waals surface area contributed by atoms with Crippen molar-refractivity contribution in [3.63, 3.8) is 0 Å². The molecule has 0 saturated carbocycles. The number of anilines is 1. The highest BCUT2D eigenvalue weighted by Gasteiger charge is 2.06. The van der Waals surface area contributed by atoms with Crippen LogP contribution >= 0.6 is 0 Å². The summed E-state index contributed by atoms with van der Waals surface area (Å²) >= 11 is 0. The van der Waals surface area contributed by atoms with E-state index in [0.29, 0.717) is 0 Å². The molecule has 0 aliphatic rings. The fourth-order valence-corrected chi connectivity index (χ4v) is 2.57. The van der Waals surface area contributed by atoms with Gasteiger partial charge in [0, 0.05) is 40.4 Å². The molecule has 2 unspecified atom stereocenters. The Morgan fingerprint density at radius 2 is 2.11 bits per heavy atom. The molecule has 1 aromatic carbocycles. The fourth-order valence-electron chi connectivity index (χ4n) is 1.88. The van der Waals surface area contributed by atoms with Gasteiger partial charge in [0.2, 0.25) is 0 Å². The monoisotopic (exact) mass is 262 g/mol. The van der Waals surface area contributed by atoms with E-state index in [4.69, 9.17) is 0 Å². The first-order chi connectivity index (χ1) is 8.66. The van der Waals surface area contributed by atoms with Gasteiger partial charge in [-0.2, -0.15) is 0 Å². The summed E-state index contributed by atoms with van der Waals surface area (Å²) in [7, 11) is -0.732. The molecule has 1 aromatic heterocycles. The molecule has 2 aromatic rings. The van der Waals surface area contributed by atoms with E-state index < -0.39 is 10.8 Å². The Bertz CT molecular complexity index is 551. The molecule has 1 N–H and O–H groups in total. The number of hydrogen-bond donors (Lipinski definition) is 1. The van der Waals surface area contributed by atoms with Crippen LogP contribution in [-0.2, 0) is 10.8 Å². The average Bonchev–Trinajstić information content (AvgIpc) is 2.37. The van der Waals surface area contributed by atoms with E-state index in [0.717, 1.165) is 23.4 Å². The SMILES string of the molecule is CC(CCS(C)=O)Nc1nccc2ccccc12. The molecular formula is C14H18N2OS. The molecule has 3 nitrogen and oxygen atoms in total. The van der Waals surface area contributed by atoms with Crippen LogP contribution in [0.25, 0.3) is 10.8 Å². The molecule has 4 heteroatoms. The minimum atomic E-state index is -0.732. The Morgan fingerprint density at radius 3 is 2.89 bits per heavy atom. The van der Waals surface area contributed by atoms with E-state index >= 15 is 0 Å². The second kappa shape index (κ2) is 5.96. The van der Waals surface area contributed by atoms with Crippen molar-refractivity contribution in [3.05, 3.63) is 36.5 Å². The summed E-state index contributed by atoms with van der Waals surface area (Å²) < 4.78 is 11.1. The number of fused-ring (bicyclic) bond motifs is 1. The maximum Gasteiger partial charge on any atom is 0.134 e. The van der Waals surface area contributed by atoms with Crippen molar-refractivity contribution in [2.24, 2.45) is 0 Å². The van der Waals surface area contributed by atoms with Crippen LogP contribution in [-0.4, -0.2) is 27.2 Å². The van der Waals surface area contributed by atoms with Gasteiger partial charge in [0.1, 0.15) is 5.82 Å². The van der Waals surface area contributed by atoms with E-state index in [9.17, 15) is 4.21 Å². The zero-order chi connectivity index (χ0) is 13.0. The van der Waals surface area contributed by atoms with E-state index in [-0.39, 0.29) is 6.04 Å². The van der Waals surface area contributed by atoms with Crippen LogP contribution in [0.4, 0.5) is 5.82 Å². The lowest BCUT2D eigenvalue weighted by molar-refractivity contribution is 0.678. The quantitative estimate of drug-likeness (QED) is 0.901. The van der Waals surface area contributed by atoms with E-state index in [1.165, 1.54) is 5.39 Å². The second-order valence-corrected chi connectivity index (χ2v) is 6.05. The van der Waals surface area contributed by atoms with E-state index in [1.54, 1.807) is 6.26 Å². The lowest BCUT2D eigenvalue weighted by atomic mass is 10.1. The Labute approximate surface area is 110 Å². The summed E-state index contributed by atoms with van der Waals surface area (Å²) in [5.74, 6) is 1.63. The van der Waals surface area contributed by atoms with E-state index in [1.807, 2.05) is 24.4 Å². The molecule has 0 radical (unpaired) electrons.